The number of carbonyl (C=O) groups is 1. The molecule has 1 atom stereocenters. The molecule has 0 aliphatic heterocycles. The van der Waals surface area contributed by atoms with E-state index in [1.807, 2.05) is 54.6 Å². The van der Waals surface area contributed by atoms with Crippen LogP contribution in [0, 0.1) is 0 Å². The lowest BCUT2D eigenvalue weighted by Gasteiger charge is -2.16. The molecule has 0 radical (unpaired) electrons. The summed E-state index contributed by atoms with van der Waals surface area (Å²) in [5.74, 6) is -0.150. The average molecular weight is 349 g/mol. The molecular formula is C16H17BrN2O2. The highest BCUT2D eigenvalue weighted by atomic mass is 79.9. The summed E-state index contributed by atoms with van der Waals surface area (Å²) >= 11 is 3.36. The van der Waals surface area contributed by atoms with Crippen LogP contribution in [-0.4, -0.2) is 24.2 Å². The summed E-state index contributed by atoms with van der Waals surface area (Å²) in [5.41, 5.74) is 1.69. The standard InChI is InChI=1S/C16H17BrN2O2/c17-13-7-4-8-14(9-13)19-16(21)10-18-15(11-20)12-5-2-1-3-6-12/h1-9,15,18,20H,10-11H2,(H,19,21). The number of rotatable bonds is 6. The second kappa shape index (κ2) is 7.93. The first-order valence-corrected chi connectivity index (χ1v) is 7.43. The van der Waals surface area contributed by atoms with Crippen molar-refractivity contribution in [2.45, 2.75) is 6.04 Å². The summed E-state index contributed by atoms with van der Waals surface area (Å²) < 4.78 is 0.908. The molecule has 4 nitrogen and oxygen atoms in total. The molecule has 1 unspecified atom stereocenters. The van der Waals surface area contributed by atoms with Gasteiger partial charge in [-0.15, -0.1) is 0 Å². The van der Waals surface area contributed by atoms with E-state index in [4.69, 9.17) is 0 Å². The molecule has 0 aromatic heterocycles. The van der Waals surface area contributed by atoms with Crippen molar-refractivity contribution in [3.8, 4) is 0 Å². The van der Waals surface area contributed by atoms with E-state index in [1.54, 1.807) is 0 Å². The molecular weight excluding hydrogens is 332 g/mol. The van der Waals surface area contributed by atoms with E-state index in [-0.39, 0.29) is 25.1 Å². The van der Waals surface area contributed by atoms with Crippen molar-refractivity contribution in [3.63, 3.8) is 0 Å². The van der Waals surface area contributed by atoms with Gasteiger partial charge in [0, 0.05) is 10.2 Å². The summed E-state index contributed by atoms with van der Waals surface area (Å²) in [6.07, 6.45) is 0. The highest BCUT2D eigenvalue weighted by Gasteiger charge is 2.11. The molecule has 0 aliphatic carbocycles. The molecule has 0 heterocycles. The fourth-order valence-corrected chi connectivity index (χ4v) is 2.36. The molecule has 2 aromatic carbocycles. The maximum atomic E-state index is 11.9. The molecule has 2 rings (SSSR count). The topological polar surface area (TPSA) is 61.4 Å². The van der Waals surface area contributed by atoms with Crippen molar-refractivity contribution in [1.29, 1.82) is 0 Å². The van der Waals surface area contributed by atoms with Gasteiger partial charge in [-0.05, 0) is 23.8 Å². The molecule has 5 heteroatoms. The third-order valence-corrected chi connectivity index (χ3v) is 3.50. The number of anilines is 1. The second-order valence-electron chi connectivity index (χ2n) is 4.59. The highest BCUT2D eigenvalue weighted by Crippen LogP contribution is 2.15. The minimum atomic E-state index is -0.251. The van der Waals surface area contributed by atoms with Gasteiger partial charge in [0.05, 0.1) is 19.2 Å². The van der Waals surface area contributed by atoms with Crippen LogP contribution in [0.4, 0.5) is 5.69 Å². The normalized spacial score (nSPS) is 11.9. The molecule has 0 fully saturated rings. The van der Waals surface area contributed by atoms with Gasteiger partial charge in [-0.2, -0.15) is 0 Å². The molecule has 3 N–H and O–H groups in total. The van der Waals surface area contributed by atoms with Crippen LogP contribution in [0.2, 0.25) is 0 Å². The number of halogens is 1. The van der Waals surface area contributed by atoms with Crippen LogP contribution in [0.15, 0.2) is 59.1 Å². The van der Waals surface area contributed by atoms with E-state index in [0.29, 0.717) is 0 Å². The Kier molecular flexibility index (Phi) is 5.92. The summed E-state index contributed by atoms with van der Waals surface area (Å²) in [6.45, 7) is 0.0703. The first-order valence-electron chi connectivity index (χ1n) is 6.63. The number of carbonyl (C=O) groups excluding carboxylic acids is 1. The Labute approximate surface area is 132 Å². The van der Waals surface area contributed by atoms with E-state index in [9.17, 15) is 9.90 Å². The average Bonchev–Trinajstić information content (AvgIpc) is 2.49. The molecule has 0 bridgehead atoms. The van der Waals surface area contributed by atoms with Crippen molar-refractivity contribution in [1.82, 2.24) is 5.32 Å². The predicted molar refractivity (Wildman–Crippen MR) is 87.0 cm³/mol. The maximum absolute atomic E-state index is 11.9. The fraction of sp³-hybridized carbons (Fsp3) is 0.188. The molecule has 110 valence electrons. The van der Waals surface area contributed by atoms with Crippen LogP contribution in [-0.2, 0) is 4.79 Å². The smallest absolute Gasteiger partial charge is 0.238 e. The molecule has 2 aromatic rings. The number of nitrogens with one attached hydrogen (secondary N) is 2. The first-order chi connectivity index (χ1) is 10.2. The van der Waals surface area contributed by atoms with Crippen LogP contribution in [0.5, 0.6) is 0 Å². The molecule has 0 spiro atoms. The van der Waals surface area contributed by atoms with Gasteiger partial charge < -0.3 is 10.4 Å². The number of benzene rings is 2. The molecule has 1 amide bonds. The Morgan fingerprint density at radius 3 is 2.57 bits per heavy atom. The SMILES string of the molecule is O=C(CNC(CO)c1ccccc1)Nc1cccc(Br)c1. The number of hydrogen-bond donors (Lipinski definition) is 3. The van der Waals surface area contributed by atoms with E-state index < -0.39 is 0 Å². The number of amides is 1. The third-order valence-electron chi connectivity index (χ3n) is 3.00. The zero-order chi connectivity index (χ0) is 15.1. The van der Waals surface area contributed by atoms with Gasteiger partial charge in [-0.1, -0.05) is 52.3 Å². The predicted octanol–water partition coefficient (Wildman–Crippen LogP) is 2.71. The molecule has 21 heavy (non-hydrogen) atoms. The largest absolute Gasteiger partial charge is 0.394 e. The van der Waals surface area contributed by atoms with E-state index in [1.165, 1.54) is 0 Å². The van der Waals surface area contributed by atoms with Crippen LogP contribution in [0.3, 0.4) is 0 Å². The van der Waals surface area contributed by atoms with Crippen molar-refractivity contribution < 1.29 is 9.90 Å². The minimum absolute atomic E-state index is 0.0613. The summed E-state index contributed by atoms with van der Waals surface area (Å²) in [5, 5.41) is 15.3. The quantitative estimate of drug-likeness (QED) is 0.752. The lowest BCUT2D eigenvalue weighted by Crippen LogP contribution is -2.32. The fourth-order valence-electron chi connectivity index (χ4n) is 1.96. The van der Waals surface area contributed by atoms with Gasteiger partial charge in [0.15, 0.2) is 0 Å². The Morgan fingerprint density at radius 1 is 1.14 bits per heavy atom. The van der Waals surface area contributed by atoms with Crippen LogP contribution in [0.1, 0.15) is 11.6 Å². The van der Waals surface area contributed by atoms with E-state index in [2.05, 4.69) is 26.6 Å². The number of hydrogen-bond acceptors (Lipinski definition) is 3. The third kappa shape index (κ3) is 4.97. The van der Waals surface area contributed by atoms with Crippen LogP contribution >= 0.6 is 15.9 Å². The monoisotopic (exact) mass is 348 g/mol. The van der Waals surface area contributed by atoms with Crippen molar-refractivity contribution in [2.24, 2.45) is 0 Å². The number of aliphatic hydroxyl groups excluding tert-OH is 1. The first kappa shape index (κ1) is 15.7. The minimum Gasteiger partial charge on any atom is -0.394 e. The lowest BCUT2D eigenvalue weighted by atomic mass is 10.1. The second-order valence-corrected chi connectivity index (χ2v) is 5.50. The molecule has 0 saturated carbocycles. The summed E-state index contributed by atoms with van der Waals surface area (Å²) in [7, 11) is 0. The Hall–Kier alpha value is -1.69. The number of aliphatic hydroxyl groups is 1. The van der Waals surface area contributed by atoms with Gasteiger partial charge in [0.25, 0.3) is 0 Å². The van der Waals surface area contributed by atoms with Crippen molar-refractivity contribution in [2.75, 3.05) is 18.5 Å². The van der Waals surface area contributed by atoms with Gasteiger partial charge in [-0.3, -0.25) is 10.1 Å². The van der Waals surface area contributed by atoms with Crippen molar-refractivity contribution in [3.05, 3.63) is 64.6 Å². The van der Waals surface area contributed by atoms with Crippen LogP contribution in [0.25, 0.3) is 0 Å². The van der Waals surface area contributed by atoms with Gasteiger partial charge in [0.2, 0.25) is 5.91 Å². The zero-order valence-corrected chi connectivity index (χ0v) is 13.0. The summed E-state index contributed by atoms with van der Waals surface area (Å²) in [4.78, 5) is 11.9. The van der Waals surface area contributed by atoms with Crippen molar-refractivity contribution >= 4 is 27.5 Å². The molecule has 0 saturated heterocycles. The lowest BCUT2D eigenvalue weighted by molar-refractivity contribution is -0.115. The maximum Gasteiger partial charge on any atom is 0.238 e. The Morgan fingerprint density at radius 2 is 1.90 bits per heavy atom. The van der Waals surface area contributed by atoms with E-state index in [0.717, 1.165) is 15.7 Å². The highest BCUT2D eigenvalue weighted by molar-refractivity contribution is 9.10. The summed E-state index contributed by atoms with van der Waals surface area (Å²) in [6, 6.07) is 16.7. The zero-order valence-electron chi connectivity index (χ0n) is 11.4. The van der Waals surface area contributed by atoms with Crippen LogP contribution < -0.4 is 10.6 Å². The van der Waals surface area contributed by atoms with Gasteiger partial charge in [0.1, 0.15) is 0 Å². The van der Waals surface area contributed by atoms with Gasteiger partial charge >= 0.3 is 0 Å². The Bertz CT molecular complexity index is 590. The molecule has 0 aliphatic rings. The van der Waals surface area contributed by atoms with Gasteiger partial charge in [-0.25, -0.2) is 0 Å². The van der Waals surface area contributed by atoms with E-state index >= 15 is 0 Å². The Balaban J connectivity index is 1.88.